The van der Waals surface area contributed by atoms with E-state index in [-0.39, 0.29) is 30.2 Å². The Kier molecular flexibility index (Phi) is 6.04. The summed E-state index contributed by atoms with van der Waals surface area (Å²) in [6, 6.07) is 7.92. The molecule has 0 amide bonds. The van der Waals surface area contributed by atoms with Gasteiger partial charge in [0.25, 0.3) is 5.56 Å². The maximum atomic E-state index is 13.2. The molecule has 8 heteroatoms. The number of imidazole rings is 1. The third-order valence-corrected chi connectivity index (χ3v) is 5.16. The Morgan fingerprint density at radius 3 is 2.34 bits per heavy atom. The first kappa shape index (κ1) is 21.0. The lowest BCUT2D eigenvalue weighted by molar-refractivity contribution is 0.114. The molecule has 0 aliphatic rings. The molecule has 0 saturated heterocycles. The molecule has 3 rings (SSSR count). The minimum absolute atomic E-state index is 0.114. The van der Waals surface area contributed by atoms with Crippen LogP contribution in [0.2, 0.25) is 0 Å². The molecule has 0 bridgehead atoms. The van der Waals surface area contributed by atoms with E-state index in [1.54, 1.807) is 11.6 Å². The maximum Gasteiger partial charge on any atom is 0.332 e. The highest BCUT2D eigenvalue weighted by molar-refractivity contribution is 5.71. The third-order valence-electron chi connectivity index (χ3n) is 5.16. The van der Waals surface area contributed by atoms with Gasteiger partial charge >= 0.3 is 5.69 Å². The molecular weight excluding hydrogens is 372 g/mol. The predicted octanol–water partition coefficient (Wildman–Crippen LogP) is 1.33. The number of aliphatic hydroxyl groups excluding tert-OH is 2. The molecule has 8 nitrogen and oxygen atoms in total. The van der Waals surface area contributed by atoms with E-state index in [9.17, 15) is 14.7 Å². The number of hydrogen-bond donors (Lipinski definition) is 2. The van der Waals surface area contributed by atoms with Gasteiger partial charge in [0, 0.05) is 26.7 Å². The lowest BCUT2D eigenvalue weighted by atomic mass is 10.1. The summed E-state index contributed by atoms with van der Waals surface area (Å²) >= 11 is 0. The Hall–Kier alpha value is -2.71. The van der Waals surface area contributed by atoms with Crippen LogP contribution in [0.1, 0.15) is 43.3 Å². The lowest BCUT2D eigenvalue weighted by Gasteiger charge is -2.17. The second-order valence-electron chi connectivity index (χ2n) is 7.78. The Balaban J connectivity index is 2.30. The molecule has 2 aromatic heterocycles. The summed E-state index contributed by atoms with van der Waals surface area (Å²) in [4.78, 5) is 30.4. The van der Waals surface area contributed by atoms with Crippen molar-refractivity contribution in [1.82, 2.24) is 18.7 Å². The van der Waals surface area contributed by atoms with Crippen LogP contribution in [-0.4, -0.2) is 35.5 Å². The first-order valence-electron chi connectivity index (χ1n) is 9.80. The lowest BCUT2D eigenvalue weighted by Crippen LogP contribution is -2.40. The van der Waals surface area contributed by atoms with Crippen LogP contribution in [0.5, 0.6) is 0 Å². The Labute approximate surface area is 168 Å². The van der Waals surface area contributed by atoms with Gasteiger partial charge in [-0.1, -0.05) is 43.7 Å². The molecule has 0 saturated carbocycles. The molecule has 1 aromatic carbocycles. The van der Waals surface area contributed by atoms with Crippen molar-refractivity contribution in [2.24, 2.45) is 13.0 Å². The summed E-state index contributed by atoms with van der Waals surface area (Å²) in [6.07, 6.45) is -0.581. The van der Waals surface area contributed by atoms with Crippen molar-refractivity contribution in [1.29, 1.82) is 0 Å². The summed E-state index contributed by atoms with van der Waals surface area (Å²) < 4.78 is 4.16. The highest BCUT2D eigenvalue weighted by Crippen LogP contribution is 2.24. The van der Waals surface area contributed by atoms with Crippen LogP contribution >= 0.6 is 0 Å². The zero-order chi connectivity index (χ0) is 21.3. The summed E-state index contributed by atoms with van der Waals surface area (Å²) in [5, 5.41) is 19.9. The predicted molar refractivity (Wildman–Crippen MR) is 111 cm³/mol. The van der Waals surface area contributed by atoms with Crippen LogP contribution in [0.15, 0.2) is 33.9 Å². The van der Waals surface area contributed by atoms with Crippen LogP contribution in [0, 0.1) is 12.8 Å². The number of hydrogen-bond acceptors (Lipinski definition) is 5. The molecular formula is C21H28N4O4. The second kappa shape index (κ2) is 8.34. The summed E-state index contributed by atoms with van der Waals surface area (Å²) in [5.41, 5.74) is 1.67. The van der Waals surface area contributed by atoms with E-state index >= 15 is 0 Å². The van der Waals surface area contributed by atoms with Crippen molar-refractivity contribution in [3.8, 4) is 0 Å². The van der Waals surface area contributed by atoms with E-state index in [0.717, 1.165) is 15.7 Å². The maximum absolute atomic E-state index is 13.2. The number of benzene rings is 1. The molecule has 1 atom stereocenters. The quantitative estimate of drug-likeness (QED) is 0.623. The van der Waals surface area contributed by atoms with Gasteiger partial charge in [-0.2, -0.15) is 0 Å². The Morgan fingerprint density at radius 2 is 1.76 bits per heavy atom. The second-order valence-corrected chi connectivity index (χ2v) is 7.78. The van der Waals surface area contributed by atoms with Gasteiger partial charge in [0.1, 0.15) is 11.9 Å². The van der Waals surface area contributed by atoms with Crippen LogP contribution in [0.3, 0.4) is 0 Å². The van der Waals surface area contributed by atoms with Gasteiger partial charge in [0.05, 0.1) is 0 Å². The number of rotatable bonds is 7. The standard InChI is InChI=1S/C21H28N4O4/c1-13(2)17(27)19-22-18-16(25(19)12-15-8-6-14(3)7-9-15)20(28)24(10-5-11-26)21(29)23(18)4/h6-9,13,17,26-27H,5,10-12H2,1-4H3. The minimum Gasteiger partial charge on any atom is -0.396 e. The number of aliphatic hydroxyl groups is 2. The topological polar surface area (TPSA) is 102 Å². The van der Waals surface area contributed by atoms with Gasteiger partial charge in [-0.05, 0) is 24.8 Å². The molecule has 29 heavy (non-hydrogen) atoms. The van der Waals surface area contributed by atoms with E-state index in [4.69, 9.17) is 5.11 Å². The van der Waals surface area contributed by atoms with E-state index < -0.39 is 17.4 Å². The van der Waals surface area contributed by atoms with E-state index in [2.05, 4.69) is 4.98 Å². The fourth-order valence-electron chi connectivity index (χ4n) is 3.37. The SMILES string of the molecule is Cc1ccc(Cn2c(C(O)C(C)C)nc3c2c(=O)n(CCCO)c(=O)n3C)cc1. The van der Waals surface area contributed by atoms with Crippen molar-refractivity contribution in [3.63, 3.8) is 0 Å². The van der Waals surface area contributed by atoms with Crippen molar-refractivity contribution in [3.05, 3.63) is 62.1 Å². The fraction of sp³-hybridized carbons (Fsp3) is 0.476. The smallest absolute Gasteiger partial charge is 0.332 e. The molecule has 0 spiro atoms. The average molecular weight is 400 g/mol. The summed E-state index contributed by atoms with van der Waals surface area (Å²) in [5.74, 6) is 0.250. The first-order valence-corrected chi connectivity index (χ1v) is 9.80. The molecule has 156 valence electrons. The fourth-order valence-corrected chi connectivity index (χ4v) is 3.37. The zero-order valence-electron chi connectivity index (χ0n) is 17.3. The summed E-state index contributed by atoms with van der Waals surface area (Å²) in [7, 11) is 1.56. The highest BCUT2D eigenvalue weighted by Gasteiger charge is 2.25. The third kappa shape index (κ3) is 3.90. The number of nitrogens with zero attached hydrogens (tertiary/aromatic N) is 4. The van der Waals surface area contributed by atoms with Crippen molar-refractivity contribution >= 4 is 11.2 Å². The molecule has 0 aliphatic carbocycles. The van der Waals surface area contributed by atoms with Gasteiger partial charge in [0.15, 0.2) is 11.2 Å². The largest absolute Gasteiger partial charge is 0.396 e. The number of aromatic nitrogens is 4. The molecule has 3 aromatic rings. The van der Waals surface area contributed by atoms with Crippen LogP contribution in [-0.2, 0) is 20.1 Å². The average Bonchev–Trinajstić information content (AvgIpc) is 3.06. The van der Waals surface area contributed by atoms with Gasteiger partial charge in [0.2, 0.25) is 0 Å². The van der Waals surface area contributed by atoms with E-state index in [0.29, 0.717) is 18.8 Å². The first-order chi connectivity index (χ1) is 13.8. The van der Waals surface area contributed by atoms with Crippen LogP contribution < -0.4 is 11.2 Å². The van der Waals surface area contributed by atoms with Gasteiger partial charge in [-0.25, -0.2) is 9.78 Å². The molecule has 2 N–H and O–H groups in total. The normalized spacial score (nSPS) is 12.8. The van der Waals surface area contributed by atoms with Gasteiger partial charge in [-0.15, -0.1) is 0 Å². The Bertz CT molecular complexity index is 1120. The monoisotopic (exact) mass is 400 g/mol. The minimum atomic E-state index is -0.881. The van der Waals surface area contributed by atoms with Crippen molar-refractivity contribution < 1.29 is 10.2 Å². The van der Waals surface area contributed by atoms with Crippen LogP contribution in [0.4, 0.5) is 0 Å². The molecule has 2 heterocycles. The summed E-state index contributed by atoms with van der Waals surface area (Å²) in [6.45, 7) is 6.10. The van der Waals surface area contributed by atoms with Gasteiger partial charge < -0.3 is 14.8 Å². The molecule has 0 aliphatic heterocycles. The van der Waals surface area contributed by atoms with Gasteiger partial charge in [-0.3, -0.25) is 13.9 Å². The van der Waals surface area contributed by atoms with E-state index in [1.165, 1.54) is 4.57 Å². The molecule has 0 radical (unpaired) electrons. The zero-order valence-corrected chi connectivity index (χ0v) is 17.3. The van der Waals surface area contributed by atoms with Crippen molar-refractivity contribution in [2.45, 2.75) is 46.4 Å². The number of aryl methyl sites for hydroxylation is 2. The highest BCUT2D eigenvalue weighted by atomic mass is 16.3. The number of fused-ring (bicyclic) bond motifs is 1. The van der Waals surface area contributed by atoms with Crippen LogP contribution in [0.25, 0.3) is 11.2 Å². The van der Waals surface area contributed by atoms with Crippen molar-refractivity contribution in [2.75, 3.05) is 6.61 Å². The Morgan fingerprint density at radius 1 is 1.10 bits per heavy atom. The van der Waals surface area contributed by atoms with E-state index in [1.807, 2.05) is 45.0 Å². The molecule has 1 unspecified atom stereocenters. The molecule has 0 fully saturated rings.